The molecule has 0 saturated heterocycles. The Morgan fingerprint density at radius 1 is 1.25 bits per heavy atom. The minimum Gasteiger partial charge on any atom is -0.383 e. The van der Waals surface area contributed by atoms with Gasteiger partial charge in [-0.1, -0.05) is 29.8 Å². The molecule has 114 valence electrons. The fourth-order valence-corrected chi connectivity index (χ4v) is 2.45. The van der Waals surface area contributed by atoms with E-state index in [9.17, 15) is 0 Å². The first-order chi connectivity index (χ1) is 9.66. The zero-order chi connectivity index (χ0) is 14.8. The van der Waals surface area contributed by atoms with Crippen molar-refractivity contribution in [3.05, 3.63) is 34.9 Å². The number of unbranched alkanes of at least 4 members (excludes halogenated alkanes) is 1. The van der Waals surface area contributed by atoms with Gasteiger partial charge in [-0.15, -0.1) is 0 Å². The summed E-state index contributed by atoms with van der Waals surface area (Å²) in [5.41, 5.74) is 1.20. The van der Waals surface area contributed by atoms with E-state index in [2.05, 4.69) is 30.3 Å². The number of hydrogen-bond donors (Lipinski definition) is 1. The monoisotopic (exact) mass is 298 g/mol. The van der Waals surface area contributed by atoms with Crippen LogP contribution in [0.3, 0.4) is 0 Å². The third-order valence-electron chi connectivity index (χ3n) is 3.61. The maximum absolute atomic E-state index is 6.25. The van der Waals surface area contributed by atoms with Gasteiger partial charge in [-0.2, -0.15) is 0 Å². The Bertz CT molecular complexity index is 373. The van der Waals surface area contributed by atoms with Gasteiger partial charge in [-0.05, 0) is 51.5 Å². The predicted molar refractivity (Wildman–Crippen MR) is 86.5 cm³/mol. The molecule has 3 nitrogen and oxygen atoms in total. The average Bonchev–Trinajstić information content (AvgIpc) is 2.46. The Hall–Kier alpha value is -0.610. The van der Waals surface area contributed by atoms with Gasteiger partial charge in [0.05, 0.1) is 6.61 Å². The van der Waals surface area contributed by atoms with Crippen LogP contribution >= 0.6 is 11.6 Å². The molecule has 0 aliphatic rings. The predicted octanol–water partition coefficient (Wildman–Crippen LogP) is 3.35. The number of hydrogen-bond acceptors (Lipinski definition) is 3. The fraction of sp³-hybridized carbons (Fsp3) is 0.625. The molecule has 1 aromatic rings. The number of nitrogens with zero attached hydrogens (tertiary/aromatic N) is 1. The van der Waals surface area contributed by atoms with E-state index in [0.29, 0.717) is 6.04 Å². The van der Waals surface area contributed by atoms with Gasteiger partial charge in [0, 0.05) is 24.7 Å². The van der Waals surface area contributed by atoms with E-state index < -0.39 is 0 Å². The lowest BCUT2D eigenvalue weighted by Crippen LogP contribution is -2.25. The average molecular weight is 299 g/mol. The van der Waals surface area contributed by atoms with E-state index in [1.54, 1.807) is 7.11 Å². The van der Waals surface area contributed by atoms with Gasteiger partial charge in [-0.3, -0.25) is 4.90 Å². The van der Waals surface area contributed by atoms with Crippen LogP contribution in [0.2, 0.25) is 5.02 Å². The molecule has 4 heteroatoms. The Labute approximate surface area is 128 Å². The molecule has 0 saturated carbocycles. The Kier molecular flexibility index (Phi) is 8.86. The van der Waals surface area contributed by atoms with Crippen LogP contribution in [-0.2, 0) is 4.74 Å². The minimum atomic E-state index is 0.352. The van der Waals surface area contributed by atoms with Crippen LogP contribution in [0.5, 0.6) is 0 Å². The second-order valence-corrected chi connectivity index (χ2v) is 5.54. The second kappa shape index (κ2) is 10.2. The van der Waals surface area contributed by atoms with Crippen LogP contribution in [0.15, 0.2) is 24.3 Å². The first-order valence-corrected chi connectivity index (χ1v) is 7.69. The van der Waals surface area contributed by atoms with Crippen molar-refractivity contribution in [2.75, 3.05) is 40.4 Å². The fourth-order valence-electron chi connectivity index (χ4n) is 2.16. The topological polar surface area (TPSA) is 24.5 Å². The molecule has 1 aromatic carbocycles. The second-order valence-electron chi connectivity index (χ2n) is 5.13. The van der Waals surface area contributed by atoms with Crippen molar-refractivity contribution >= 4 is 11.6 Å². The van der Waals surface area contributed by atoms with E-state index in [4.69, 9.17) is 16.3 Å². The quantitative estimate of drug-likeness (QED) is 0.671. The highest BCUT2D eigenvalue weighted by Crippen LogP contribution is 2.26. The van der Waals surface area contributed by atoms with Crippen LogP contribution in [0.4, 0.5) is 0 Å². The molecular weight excluding hydrogens is 272 g/mol. The van der Waals surface area contributed by atoms with Crippen molar-refractivity contribution < 1.29 is 4.74 Å². The molecule has 0 bridgehead atoms. The Morgan fingerprint density at radius 3 is 2.70 bits per heavy atom. The molecule has 0 fully saturated rings. The van der Waals surface area contributed by atoms with Crippen molar-refractivity contribution in [2.24, 2.45) is 0 Å². The van der Waals surface area contributed by atoms with Gasteiger partial charge in [0.2, 0.25) is 0 Å². The zero-order valence-electron chi connectivity index (χ0n) is 12.9. The van der Waals surface area contributed by atoms with Crippen molar-refractivity contribution in [1.82, 2.24) is 10.2 Å². The smallest absolute Gasteiger partial charge is 0.0587 e. The highest BCUT2D eigenvalue weighted by atomic mass is 35.5. The lowest BCUT2D eigenvalue weighted by atomic mass is 10.1. The van der Waals surface area contributed by atoms with Gasteiger partial charge in [-0.25, -0.2) is 0 Å². The summed E-state index contributed by atoms with van der Waals surface area (Å²) in [5.74, 6) is 0. The number of methoxy groups -OCH3 is 1. The molecule has 0 spiro atoms. The first-order valence-electron chi connectivity index (χ1n) is 7.31. The summed E-state index contributed by atoms with van der Waals surface area (Å²) >= 11 is 6.25. The van der Waals surface area contributed by atoms with Crippen LogP contribution < -0.4 is 5.32 Å². The molecule has 0 aliphatic carbocycles. The maximum Gasteiger partial charge on any atom is 0.0587 e. The normalized spacial score (nSPS) is 12.8. The molecular formula is C16H27ClN2O. The van der Waals surface area contributed by atoms with Crippen molar-refractivity contribution in [1.29, 1.82) is 0 Å². The molecule has 0 heterocycles. The summed E-state index contributed by atoms with van der Waals surface area (Å²) < 4.78 is 5.00. The van der Waals surface area contributed by atoms with Crippen LogP contribution in [0, 0.1) is 0 Å². The number of rotatable bonds is 10. The molecule has 0 amide bonds. The molecule has 0 radical (unpaired) electrons. The van der Waals surface area contributed by atoms with E-state index >= 15 is 0 Å². The summed E-state index contributed by atoms with van der Waals surface area (Å²) in [4.78, 5) is 2.36. The summed E-state index contributed by atoms with van der Waals surface area (Å²) in [6, 6.07) is 8.44. The van der Waals surface area contributed by atoms with E-state index in [-0.39, 0.29) is 0 Å². The molecule has 1 unspecified atom stereocenters. The number of ether oxygens (including phenoxy) is 1. The summed E-state index contributed by atoms with van der Waals surface area (Å²) in [5, 5.41) is 4.22. The van der Waals surface area contributed by atoms with Crippen molar-refractivity contribution in [3.8, 4) is 0 Å². The first kappa shape index (κ1) is 17.4. The Morgan fingerprint density at radius 2 is 2.00 bits per heavy atom. The van der Waals surface area contributed by atoms with Crippen LogP contribution in [0.1, 0.15) is 31.4 Å². The molecule has 0 aliphatic heterocycles. The Balaban J connectivity index is 2.22. The van der Waals surface area contributed by atoms with E-state index in [1.165, 1.54) is 18.4 Å². The molecule has 1 N–H and O–H groups in total. The number of nitrogens with one attached hydrogen (secondary N) is 1. The SMILES string of the molecule is COCCNCCCCN(C)C(C)c1ccccc1Cl. The maximum atomic E-state index is 6.25. The lowest BCUT2D eigenvalue weighted by Gasteiger charge is -2.25. The van der Waals surface area contributed by atoms with Gasteiger partial charge >= 0.3 is 0 Å². The lowest BCUT2D eigenvalue weighted by molar-refractivity contribution is 0.199. The van der Waals surface area contributed by atoms with Crippen LogP contribution in [0.25, 0.3) is 0 Å². The summed E-state index contributed by atoms with van der Waals surface area (Å²) in [6.45, 7) is 6.06. The molecule has 1 atom stereocenters. The van der Waals surface area contributed by atoms with Gasteiger partial charge in [0.25, 0.3) is 0 Å². The number of benzene rings is 1. The minimum absolute atomic E-state index is 0.352. The zero-order valence-corrected chi connectivity index (χ0v) is 13.6. The largest absolute Gasteiger partial charge is 0.383 e. The molecule has 0 aromatic heterocycles. The highest BCUT2D eigenvalue weighted by molar-refractivity contribution is 6.31. The van der Waals surface area contributed by atoms with Crippen molar-refractivity contribution in [2.45, 2.75) is 25.8 Å². The third kappa shape index (κ3) is 6.23. The van der Waals surface area contributed by atoms with Gasteiger partial charge < -0.3 is 10.1 Å². The van der Waals surface area contributed by atoms with Gasteiger partial charge in [0.1, 0.15) is 0 Å². The standard InChI is InChI=1S/C16H27ClN2O/c1-14(15-8-4-5-9-16(15)17)19(2)12-7-6-10-18-11-13-20-3/h4-5,8-9,14,18H,6-7,10-13H2,1-3H3. The molecule has 1 rings (SSSR count). The van der Waals surface area contributed by atoms with Gasteiger partial charge in [0.15, 0.2) is 0 Å². The summed E-state index contributed by atoms with van der Waals surface area (Å²) in [7, 11) is 3.89. The van der Waals surface area contributed by atoms with Crippen LogP contribution in [-0.4, -0.2) is 45.3 Å². The molecule has 20 heavy (non-hydrogen) atoms. The summed E-state index contributed by atoms with van der Waals surface area (Å²) in [6.07, 6.45) is 2.37. The van der Waals surface area contributed by atoms with E-state index in [1.807, 2.05) is 18.2 Å². The van der Waals surface area contributed by atoms with Crippen molar-refractivity contribution in [3.63, 3.8) is 0 Å². The number of halogens is 1. The highest BCUT2D eigenvalue weighted by Gasteiger charge is 2.13. The third-order valence-corrected chi connectivity index (χ3v) is 3.96. The van der Waals surface area contributed by atoms with E-state index in [0.717, 1.165) is 31.3 Å².